The number of ether oxygens (including phenoxy) is 1. The second-order valence-electron chi connectivity index (χ2n) is 2.64. The molecule has 0 unspecified atom stereocenters. The Kier molecular flexibility index (Phi) is 1.92. The molecule has 4 nitrogen and oxygen atoms in total. The highest BCUT2D eigenvalue weighted by molar-refractivity contribution is 7.71. The van der Waals surface area contributed by atoms with Gasteiger partial charge >= 0.3 is 0 Å². The van der Waals surface area contributed by atoms with Crippen molar-refractivity contribution in [2.75, 3.05) is 0 Å². The second-order valence-corrected chi connectivity index (χ2v) is 3.03. The van der Waals surface area contributed by atoms with Crippen molar-refractivity contribution in [3.63, 3.8) is 0 Å². The Labute approximate surface area is 74.8 Å². The van der Waals surface area contributed by atoms with Crippen molar-refractivity contribution in [3.05, 3.63) is 21.7 Å². The smallest absolute Gasteiger partial charge is 0.197 e. The molecule has 5 heteroatoms. The molecule has 0 saturated carbocycles. The maximum absolute atomic E-state index is 5.51. The molecule has 0 atom stereocenters. The summed E-state index contributed by atoms with van der Waals surface area (Å²) in [6, 6.07) is 0. The van der Waals surface area contributed by atoms with Crippen molar-refractivity contribution < 1.29 is 4.74 Å². The Balaban J connectivity index is 2.62. The average molecular weight is 183 g/mol. The number of nitrogens with one attached hydrogen (secondary N) is 1. The number of nitrogens with zero attached hydrogens (tertiary/aromatic N) is 1. The zero-order chi connectivity index (χ0) is 8.55. The first-order chi connectivity index (χ1) is 5.81. The van der Waals surface area contributed by atoms with E-state index in [1.54, 1.807) is 0 Å². The van der Waals surface area contributed by atoms with E-state index in [1.807, 2.05) is 0 Å². The molecule has 2 rings (SSSR count). The van der Waals surface area contributed by atoms with Gasteiger partial charge in [0.1, 0.15) is 0 Å². The predicted molar refractivity (Wildman–Crippen MR) is 45.8 cm³/mol. The number of aromatic nitrogens is 2. The molecule has 1 aromatic rings. The Hall–Kier alpha value is -0.780. The summed E-state index contributed by atoms with van der Waals surface area (Å²) in [7, 11) is 0. The van der Waals surface area contributed by atoms with Gasteiger partial charge in [-0.3, -0.25) is 0 Å². The topological polar surface area (TPSA) is 63.9 Å². The summed E-state index contributed by atoms with van der Waals surface area (Å²) in [5, 5.41) is 0. The molecule has 1 aliphatic heterocycles. The van der Waals surface area contributed by atoms with Gasteiger partial charge in [0.15, 0.2) is 4.77 Å². The van der Waals surface area contributed by atoms with Gasteiger partial charge in [-0.15, -0.1) is 0 Å². The van der Waals surface area contributed by atoms with Crippen LogP contribution in [0.1, 0.15) is 17.0 Å². The monoisotopic (exact) mass is 183 g/mol. The first kappa shape index (κ1) is 7.85. The lowest BCUT2D eigenvalue weighted by molar-refractivity contribution is 0.133. The van der Waals surface area contributed by atoms with Crippen molar-refractivity contribution in [1.82, 2.24) is 9.97 Å². The molecule has 0 bridgehead atoms. The van der Waals surface area contributed by atoms with E-state index in [9.17, 15) is 0 Å². The first-order valence-electron chi connectivity index (χ1n) is 3.70. The van der Waals surface area contributed by atoms with E-state index in [0.717, 1.165) is 17.0 Å². The maximum atomic E-state index is 5.51. The quantitative estimate of drug-likeness (QED) is 0.627. The first-order valence-corrected chi connectivity index (χ1v) is 4.11. The van der Waals surface area contributed by atoms with E-state index in [2.05, 4.69) is 9.97 Å². The standard InChI is InChI=1S/C7H9N3OS/c8-1-5-4-2-11-3-6(4)10-7(12)9-5/h1-3,8H2,(H,9,10,12). The number of H-pyrrole nitrogens is 1. The lowest BCUT2D eigenvalue weighted by Gasteiger charge is -2.02. The lowest BCUT2D eigenvalue weighted by atomic mass is 10.2. The van der Waals surface area contributed by atoms with Gasteiger partial charge in [0, 0.05) is 12.1 Å². The molecule has 0 spiro atoms. The van der Waals surface area contributed by atoms with Gasteiger partial charge in [0.05, 0.1) is 24.6 Å². The fourth-order valence-corrected chi connectivity index (χ4v) is 1.55. The Morgan fingerprint density at radius 1 is 1.58 bits per heavy atom. The Morgan fingerprint density at radius 3 is 3.17 bits per heavy atom. The molecule has 0 aliphatic carbocycles. The van der Waals surface area contributed by atoms with Gasteiger partial charge in [0.2, 0.25) is 0 Å². The number of fused-ring (bicyclic) bond motifs is 1. The average Bonchev–Trinajstić information content (AvgIpc) is 2.50. The molecular weight excluding hydrogens is 174 g/mol. The van der Waals surface area contributed by atoms with Gasteiger partial charge in [-0.25, -0.2) is 4.98 Å². The fraction of sp³-hybridized carbons (Fsp3) is 0.429. The van der Waals surface area contributed by atoms with Crippen LogP contribution in [0.2, 0.25) is 0 Å². The molecule has 0 saturated heterocycles. The van der Waals surface area contributed by atoms with Crippen molar-refractivity contribution in [3.8, 4) is 0 Å². The molecule has 64 valence electrons. The molecule has 1 aromatic heterocycles. The van der Waals surface area contributed by atoms with Gasteiger partial charge in [-0.2, -0.15) is 0 Å². The van der Waals surface area contributed by atoms with Crippen LogP contribution in [-0.2, 0) is 24.5 Å². The number of hydrogen-bond acceptors (Lipinski definition) is 4. The predicted octanol–water partition coefficient (Wildman–Crippen LogP) is 0.628. The third-order valence-electron chi connectivity index (χ3n) is 1.89. The number of aromatic amines is 1. The van der Waals surface area contributed by atoms with E-state index in [-0.39, 0.29) is 0 Å². The number of rotatable bonds is 1. The SMILES string of the molecule is NCc1nc(=S)[nH]c2c1COC2. The van der Waals surface area contributed by atoms with Crippen LogP contribution in [0.15, 0.2) is 0 Å². The van der Waals surface area contributed by atoms with E-state index in [0.29, 0.717) is 24.5 Å². The third kappa shape index (κ3) is 1.16. The summed E-state index contributed by atoms with van der Waals surface area (Å²) in [6.45, 7) is 1.61. The van der Waals surface area contributed by atoms with Crippen molar-refractivity contribution in [2.24, 2.45) is 5.73 Å². The maximum Gasteiger partial charge on any atom is 0.197 e. The zero-order valence-corrected chi connectivity index (χ0v) is 7.28. The largest absolute Gasteiger partial charge is 0.370 e. The van der Waals surface area contributed by atoms with Crippen LogP contribution in [0.25, 0.3) is 0 Å². The summed E-state index contributed by atoms with van der Waals surface area (Å²) in [6.07, 6.45) is 0. The van der Waals surface area contributed by atoms with Crippen molar-refractivity contribution in [1.29, 1.82) is 0 Å². The molecule has 0 fully saturated rings. The van der Waals surface area contributed by atoms with Crippen LogP contribution in [0.4, 0.5) is 0 Å². The second kappa shape index (κ2) is 2.93. The van der Waals surface area contributed by atoms with Crippen molar-refractivity contribution >= 4 is 12.2 Å². The summed E-state index contributed by atoms with van der Waals surface area (Å²) >= 11 is 4.93. The zero-order valence-electron chi connectivity index (χ0n) is 6.46. The molecule has 0 aromatic carbocycles. The van der Waals surface area contributed by atoms with Crippen molar-refractivity contribution in [2.45, 2.75) is 19.8 Å². The van der Waals surface area contributed by atoms with Gasteiger partial charge < -0.3 is 15.5 Å². The van der Waals surface area contributed by atoms with Gasteiger partial charge in [-0.05, 0) is 12.2 Å². The summed E-state index contributed by atoms with van der Waals surface area (Å²) in [5.74, 6) is 0. The highest BCUT2D eigenvalue weighted by Gasteiger charge is 2.15. The minimum absolute atomic E-state index is 0.421. The highest BCUT2D eigenvalue weighted by atomic mass is 32.1. The van der Waals surface area contributed by atoms with Gasteiger partial charge in [0.25, 0.3) is 0 Å². The van der Waals surface area contributed by atoms with E-state index in [1.165, 1.54) is 0 Å². The molecule has 12 heavy (non-hydrogen) atoms. The minimum atomic E-state index is 0.421. The van der Waals surface area contributed by atoms with Crippen LogP contribution in [-0.4, -0.2) is 9.97 Å². The summed E-state index contributed by atoms with van der Waals surface area (Å²) in [4.78, 5) is 7.10. The van der Waals surface area contributed by atoms with Gasteiger partial charge in [-0.1, -0.05) is 0 Å². The fourth-order valence-electron chi connectivity index (χ4n) is 1.31. The van der Waals surface area contributed by atoms with Crippen LogP contribution in [0, 0.1) is 4.77 Å². The van der Waals surface area contributed by atoms with Crippen LogP contribution >= 0.6 is 12.2 Å². The normalized spacial score (nSPS) is 14.8. The third-order valence-corrected chi connectivity index (χ3v) is 2.09. The lowest BCUT2D eigenvalue weighted by Crippen LogP contribution is -2.06. The number of hydrogen-bond donors (Lipinski definition) is 2. The molecule has 0 radical (unpaired) electrons. The molecule has 1 aliphatic rings. The highest BCUT2D eigenvalue weighted by Crippen LogP contribution is 2.19. The minimum Gasteiger partial charge on any atom is -0.370 e. The Bertz CT molecular complexity index is 360. The molecule has 2 heterocycles. The molecule has 3 N–H and O–H groups in total. The van der Waals surface area contributed by atoms with E-state index in [4.69, 9.17) is 22.7 Å². The number of nitrogens with two attached hydrogens (primary N) is 1. The van der Waals surface area contributed by atoms with Crippen LogP contribution in [0.5, 0.6) is 0 Å². The summed E-state index contributed by atoms with van der Waals surface area (Å²) < 4.78 is 5.73. The molecule has 0 amide bonds. The molecular formula is C7H9N3OS. The van der Waals surface area contributed by atoms with Crippen LogP contribution < -0.4 is 5.73 Å². The van der Waals surface area contributed by atoms with Crippen LogP contribution in [0.3, 0.4) is 0 Å². The summed E-state index contributed by atoms with van der Waals surface area (Å²) in [5.41, 5.74) is 8.47. The van der Waals surface area contributed by atoms with E-state index >= 15 is 0 Å². The Morgan fingerprint density at radius 2 is 2.42 bits per heavy atom. The van der Waals surface area contributed by atoms with E-state index < -0.39 is 0 Å².